The fourth-order valence-electron chi connectivity index (χ4n) is 3.47. The molecule has 3 aromatic rings. The van der Waals surface area contributed by atoms with Gasteiger partial charge in [-0.25, -0.2) is 4.39 Å². The smallest absolute Gasteiger partial charge is 0.238 e. The lowest BCUT2D eigenvalue weighted by atomic mass is 10.2. The third-order valence-corrected chi connectivity index (χ3v) is 5.22. The van der Waals surface area contributed by atoms with Gasteiger partial charge in [0.05, 0.1) is 25.4 Å². The normalized spacial score (nSPS) is 15.6. The van der Waals surface area contributed by atoms with E-state index in [-0.39, 0.29) is 18.3 Å². The molecule has 1 heterocycles. The fourth-order valence-corrected chi connectivity index (χ4v) is 3.64. The average Bonchev–Trinajstić information content (AvgIpc) is 2.78. The first-order chi connectivity index (χ1) is 16.1. The number of ether oxygens (including phenoxy) is 3. The van der Waals surface area contributed by atoms with E-state index >= 15 is 0 Å². The molecule has 0 atom stereocenters. The number of rotatable bonds is 2. The molecular weight excluding hydrogens is 447 g/mol. The average molecular weight is 471 g/mol. The molecule has 0 spiro atoms. The maximum absolute atomic E-state index is 13.6. The predicted molar refractivity (Wildman–Crippen MR) is 125 cm³/mol. The zero-order chi connectivity index (χ0) is 23.0. The maximum Gasteiger partial charge on any atom is 0.238 e. The van der Waals surface area contributed by atoms with Crippen LogP contribution in [0.5, 0.6) is 17.2 Å². The van der Waals surface area contributed by atoms with Crippen LogP contribution in [-0.4, -0.2) is 43.7 Å². The Morgan fingerprint density at radius 2 is 1.79 bits per heavy atom. The Bertz CT molecular complexity index is 1110. The third kappa shape index (κ3) is 6.68. The molecule has 6 nitrogen and oxygen atoms in total. The molecule has 0 saturated carbocycles. The first kappa shape index (κ1) is 23.0. The molecule has 0 fully saturated rings. The zero-order valence-corrected chi connectivity index (χ0v) is 18.7. The molecule has 1 aliphatic heterocycles. The van der Waals surface area contributed by atoms with E-state index in [1.165, 1.54) is 12.1 Å². The van der Waals surface area contributed by atoms with Crippen LogP contribution in [0, 0.1) is 5.82 Å². The van der Waals surface area contributed by atoms with Crippen molar-refractivity contribution in [3.63, 3.8) is 0 Å². The van der Waals surface area contributed by atoms with Crippen molar-refractivity contribution in [2.24, 2.45) is 0 Å². The number of hydrogen-bond donors (Lipinski definition) is 1. The Morgan fingerprint density at radius 3 is 2.64 bits per heavy atom. The van der Waals surface area contributed by atoms with E-state index < -0.39 is 0 Å². The number of halogens is 2. The van der Waals surface area contributed by atoms with Crippen LogP contribution >= 0.6 is 11.6 Å². The van der Waals surface area contributed by atoms with Gasteiger partial charge in [-0.05, 0) is 48.0 Å². The lowest BCUT2D eigenvalue weighted by Crippen LogP contribution is -2.35. The number of carbonyl (C=O) groups excluding carboxylic acids is 1. The minimum atomic E-state index is -0.316. The summed E-state index contributed by atoms with van der Waals surface area (Å²) in [6.07, 6.45) is 0. The van der Waals surface area contributed by atoms with Crippen molar-refractivity contribution in [3.8, 4) is 17.2 Å². The van der Waals surface area contributed by atoms with E-state index in [1.54, 1.807) is 30.3 Å². The van der Waals surface area contributed by atoms with Crippen LogP contribution in [0.2, 0.25) is 5.02 Å². The summed E-state index contributed by atoms with van der Waals surface area (Å²) in [4.78, 5) is 14.8. The number of para-hydroxylation sites is 2. The van der Waals surface area contributed by atoms with Crippen molar-refractivity contribution < 1.29 is 23.4 Å². The highest BCUT2D eigenvalue weighted by atomic mass is 35.5. The topological polar surface area (TPSA) is 60.0 Å². The van der Waals surface area contributed by atoms with E-state index in [1.807, 2.05) is 29.2 Å². The minimum Gasteiger partial charge on any atom is -0.487 e. The van der Waals surface area contributed by atoms with E-state index in [0.717, 1.165) is 5.56 Å². The summed E-state index contributed by atoms with van der Waals surface area (Å²) in [5, 5.41) is 3.35. The third-order valence-electron chi connectivity index (χ3n) is 4.98. The Labute approximate surface area is 196 Å². The lowest BCUT2D eigenvalue weighted by molar-refractivity contribution is -0.117. The minimum absolute atomic E-state index is 0.0823. The van der Waals surface area contributed by atoms with Crippen molar-refractivity contribution >= 4 is 23.2 Å². The van der Waals surface area contributed by atoms with Crippen molar-refractivity contribution in [2.45, 2.75) is 6.54 Å². The highest BCUT2D eigenvalue weighted by Crippen LogP contribution is 2.36. The van der Waals surface area contributed by atoms with Crippen LogP contribution in [0.25, 0.3) is 0 Å². The number of anilines is 1. The van der Waals surface area contributed by atoms with Crippen molar-refractivity contribution in [1.29, 1.82) is 0 Å². The number of nitrogens with one attached hydrogen (secondary N) is 1. The lowest BCUT2D eigenvalue weighted by Gasteiger charge is -2.22. The molecule has 0 unspecified atom stereocenters. The van der Waals surface area contributed by atoms with Gasteiger partial charge in [0.1, 0.15) is 12.4 Å². The molecule has 0 aromatic heterocycles. The number of amides is 1. The highest BCUT2D eigenvalue weighted by Gasteiger charge is 2.16. The van der Waals surface area contributed by atoms with Gasteiger partial charge in [0.2, 0.25) is 5.91 Å². The van der Waals surface area contributed by atoms with Gasteiger partial charge in [-0.1, -0.05) is 35.9 Å². The molecule has 0 aliphatic carbocycles. The van der Waals surface area contributed by atoms with Gasteiger partial charge < -0.3 is 19.5 Å². The summed E-state index contributed by atoms with van der Waals surface area (Å²) in [6, 6.07) is 18.6. The van der Waals surface area contributed by atoms with Crippen LogP contribution in [0.3, 0.4) is 0 Å². The number of nitrogens with zero attached hydrogens (tertiary/aromatic N) is 1. The van der Waals surface area contributed by atoms with Gasteiger partial charge in [0.15, 0.2) is 17.2 Å². The molecule has 3 aromatic carbocycles. The molecule has 172 valence electrons. The molecule has 1 amide bonds. The van der Waals surface area contributed by atoms with Crippen molar-refractivity contribution in [1.82, 2.24) is 4.90 Å². The Balaban J connectivity index is 1.58. The molecule has 1 aliphatic rings. The maximum atomic E-state index is 13.6. The van der Waals surface area contributed by atoms with Crippen molar-refractivity contribution in [2.75, 3.05) is 38.2 Å². The SMILES string of the molecule is O=C1CN(Cc2cccc(F)c2)CCOCCOc2ccccc2Oc2ccc(Cl)cc2N1. The molecular formula is C25H24ClFN2O4. The second-order valence-electron chi connectivity index (χ2n) is 7.54. The fraction of sp³-hybridized carbons (Fsp3) is 0.240. The number of fused-ring (bicyclic) bond motifs is 2. The second-order valence-corrected chi connectivity index (χ2v) is 7.98. The molecule has 1 N–H and O–H groups in total. The van der Waals surface area contributed by atoms with E-state index in [9.17, 15) is 9.18 Å². The first-order valence-corrected chi connectivity index (χ1v) is 11.0. The van der Waals surface area contributed by atoms with E-state index in [0.29, 0.717) is 60.9 Å². The Morgan fingerprint density at radius 1 is 0.939 bits per heavy atom. The number of carbonyl (C=O) groups is 1. The van der Waals surface area contributed by atoms with Crippen molar-refractivity contribution in [3.05, 3.63) is 83.1 Å². The van der Waals surface area contributed by atoms with Gasteiger partial charge in [-0.2, -0.15) is 0 Å². The Hall–Kier alpha value is -3.13. The molecule has 0 radical (unpaired) electrons. The first-order valence-electron chi connectivity index (χ1n) is 10.6. The largest absolute Gasteiger partial charge is 0.487 e. The number of benzene rings is 3. The summed E-state index contributed by atoms with van der Waals surface area (Å²) in [7, 11) is 0. The molecule has 8 heteroatoms. The van der Waals surface area contributed by atoms with Crippen LogP contribution < -0.4 is 14.8 Å². The predicted octanol–water partition coefficient (Wildman–Crippen LogP) is 5.12. The summed E-state index contributed by atoms with van der Waals surface area (Å²) in [6.45, 7) is 2.08. The Kier molecular flexibility index (Phi) is 7.78. The monoisotopic (exact) mass is 470 g/mol. The molecule has 33 heavy (non-hydrogen) atoms. The summed E-state index contributed by atoms with van der Waals surface area (Å²) in [5.41, 5.74) is 1.21. The van der Waals surface area contributed by atoms with Crippen LogP contribution in [0.15, 0.2) is 66.7 Å². The van der Waals surface area contributed by atoms with Crippen LogP contribution in [-0.2, 0) is 16.1 Å². The van der Waals surface area contributed by atoms with Gasteiger partial charge in [0, 0.05) is 18.1 Å². The molecule has 0 bridgehead atoms. The van der Waals surface area contributed by atoms with Crippen LogP contribution in [0.1, 0.15) is 5.56 Å². The molecule has 0 saturated heterocycles. The highest BCUT2D eigenvalue weighted by molar-refractivity contribution is 6.31. The number of hydrogen-bond acceptors (Lipinski definition) is 5. The van der Waals surface area contributed by atoms with Gasteiger partial charge in [0.25, 0.3) is 0 Å². The standard InChI is InChI=1S/C25H24ClFN2O4/c26-19-8-9-22-21(15-19)28-25(30)17-29(16-18-4-3-5-20(27)14-18)10-11-31-12-13-32-23-6-1-2-7-24(23)33-22/h1-9,14-15H,10-13,16-17H2,(H,28,30). The van der Waals surface area contributed by atoms with Gasteiger partial charge in [-0.3, -0.25) is 9.69 Å². The quantitative estimate of drug-likeness (QED) is 0.563. The van der Waals surface area contributed by atoms with Gasteiger partial charge >= 0.3 is 0 Å². The second kappa shape index (κ2) is 11.1. The summed E-state index contributed by atoms with van der Waals surface area (Å²) < 4.78 is 31.2. The van der Waals surface area contributed by atoms with Gasteiger partial charge in [-0.15, -0.1) is 0 Å². The van der Waals surface area contributed by atoms with Crippen LogP contribution in [0.4, 0.5) is 10.1 Å². The zero-order valence-electron chi connectivity index (χ0n) is 17.9. The summed E-state index contributed by atoms with van der Waals surface area (Å²) >= 11 is 6.18. The van der Waals surface area contributed by atoms with E-state index in [4.69, 9.17) is 25.8 Å². The molecule has 4 rings (SSSR count). The summed E-state index contributed by atoms with van der Waals surface area (Å²) in [5.74, 6) is 0.947. The van der Waals surface area contributed by atoms with E-state index in [2.05, 4.69) is 5.32 Å².